The van der Waals surface area contributed by atoms with Gasteiger partial charge in [0.2, 0.25) is 7.37 Å². The maximum Gasteiger partial charge on any atom is 0.313 e. The molecule has 1 atom stereocenters. The molecule has 5 heteroatoms. The minimum Gasteiger partial charge on any atom is -0.481 e. The molecule has 0 radical (unpaired) electrons. The van der Waals surface area contributed by atoms with Crippen LogP contribution in [-0.2, 0) is 13.9 Å². The van der Waals surface area contributed by atoms with Crippen molar-refractivity contribution < 1.29 is 19.0 Å². The zero-order valence-electron chi connectivity index (χ0n) is 6.03. The van der Waals surface area contributed by atoms with Crippen LogP contribution in [0.25, 0.3) is 0 Å². The molecular formula is C5H11O4P. The van der Waals surface area contributed by atoms with Crippen LogP contribution in [0.1, 0.15) is 6.92 Å². The Morgan fingerprint density at radius 3 is 2.50 bits per heavy atom. The fourth-order valence-electron chi connectivity index (χ4n) is 0.564. The molecule has 0 fully saturated rings. The van der Waals surface area contributed by atoms with Gasteiger partial charge in [0.15, 0.2) is 0 Å². The maximum absolute atomic E-state index is 11.0. The van der Waals surface area contributed by atoms with Gasteiger partial charge < -0.3 is 9.63 Å². The van der Waals surface area contributed by atoms with Crippen LogP contribution in [0.3, 0.4) is 0 Å². The van der Waals surface area contributed by atoms with Crippen LogP contribution in [0.4, 0.5) is 0 Å². The highest BCUT2D eigenvalue weighted by Gasteiger charge is 2.18. The fraction of sp³-hybridized carbons (Fsp3) is 0.800. The van der Waals surface area contributed by atoms with Crippen molar-refractivity contribution in [1.82, 2.24) is 0 Å². The van der Waals surface area contributed by atoms with Gasteiger partial charge in [-0.3, -0.25) is 9.36 Å². The van der Waals surface area contributed by atoms with E-state index in [1.165, 1.54) is 6.66 Å². The van der Waals surface area contributed by atoms with E-state index in [0.717, 1.165) is 0 Å². The van der Waals surface area contributed by atoms with E-state index >= 15 is 0 Å². The monoisotopic (exact) mass is 166 g/mol. The van der Waals surface area contributed by atoms with Gasteiger partial charge >= 0.3 is 5.97 Å². The second-order valence-electron chi connectivity index (χ2n) is 1.98. The molecule has 0 aliphatic heterocycles. The van der Waals surface area contributed by atoms with Crippen LogP contribution >= 0.6 is 7.37 Å². The summed E-state index contributed by atoms with van der Waals surface area (Å²) in [5, 5.41) is 8.22. The van der Waals surface area contributed by atoms with E-state index < -0.39 is 13.3 Å². The average Bonchev–Trinajstić information content (AvgIpc) is 1.59. The van der Waals surface area contributed by atoms with E-state index in [0.29, 0.717) is 6.61 Å². The van der Waals surface area contributed by atoms with Crippen molar-refractivity contribution in [2.45, 2.75) is 6.92 Å². The molecule has 0 amide bonds. The number of carbonyl (C=O) groups is 1. The number of carboxylic acids is 1. The second-order valence-corrected chi connectivity index (χ2v) is 4.59. The zero-order valence-corrected chi connectivity index (χ0v) is 6.93. The molecule has 0 saturated heterocycles. The van der Waals surface area contributed by atoms with Crippen LogP contribution in [0.5, 0.6) is 0 Å². The Morgan fingerprint density at radius 2 is 2.20 bits per heavy atom. The van der Waals surface area contributed by atoms with Gasteiger partial charge in [-0.2, -0.15) is 0 Å². The molecular weight excluding hydrogens is 155 g/mol. The largest absolute Gasteiger partial charge is 0.481 e. The first-order valence-electron chi connectivity index (χ1n) is 2.91. The molecule has 0 aromatic heterocycles. The molecule has 4 nitrogen and oxygen atoms in total. The number of rotatable bonds is 4. The summed E-state index contributed by atoms with van der Waals surface area (Å²) in [6, 6.07) is 0. The summed E-state index contributed by atoms with van der Waals surface area (Å²) in [5.41, 5.74) is 0. The van der Waals surface area contributed by atoms with E-state index in [2.05, 4.69) is 0 Å². The summed E-state index contributed by atoms with van der Waals surface area (Å²) in [6.45, 7) is 3.30. The summed E-state index contributed by atoms with van der Waals surface area (Å²) in [4.78, 5) is 10.0. The Balaban J connectivity index is 3.87. The molecule has 0 rings (SSSR count). The van der Waals surface area contributed by atoms with E-state index in [-0.39, 0.29) is 6.16 Å². The molecule has 0 aromatic rings. The first-order valence-corrected chi connectivity index (χ1v) is 5.16. The van der Waals surface area contributed by atoms with Crippen molar-refractivity contribution in [2.75, 3.05) is 19.4 Å². The maximum atomic E-state index is 11.0. The predicted octanol–water partition coefficient (Wildman–Crippen LogP) is 1.02. The summed E-state index contributed by atoms with van der Waals surface area (Å²) < 4.78 is 15.7. The van der Waals surface area contributed by atoms with Crippen LogP contribution in [0, 0.1) is 0 Å². The van der Waals surface area contributed by atoms with Crippen LogP contribution < -0.4 is 0 Å². The van der Waals surface area contributed by atoms with Gasteiger partial charge in [0.25, 0.3) is 0 Å². The summed E-state index contributed by atoms with van der Waals surface area (Å²) >= 11 is 0. The highest BCUT2D eigenvalue weighted by molar-refractivity contribution is 7.59. The van der Waals surface area contributed by atoms with Crippen molar-refractivity contribution in [3.63, 3.8) is 0 Å². The lowest BCUT2D eigenvalue weighted by Crippen LogP contribution is -2.04. The van der Waals surface area contributed by atoms with Gasteiger partial charge in [-0.1, -0.05) is 0 Å². The molecule has 0 aliphatic rings. The third-order valence-corrected chi connectivity index (χ3v) is 2.47. The minimum absolute atomic E-state index is 0.293. The molecule has 0 heterocycles. The Morgan fingerprint density at radius 1 is 1.70 bits per heavy atom. The lowest BCUT2D eigenvalue weighted by atomic mass is 10.8. The Hall–Kier alpha value is -0.340. The summed E-state index contributed by atoms with van der Waals surface area (Å²) in [5.74, 6) is -1.08. The molecule has 1 unspecified atom stereocenters. The lowest BCUT2D eigenvalue weighted by Gasteiger charge is -2.08. The zero-order chi connectivity index (χ0) is 8.20. The average molecular weight is 166 g/mol. The van der Waals surface area contributed by atoms with Crippen LogP contribution in [0.15, 0.2) is 0 Å². The summed E-state index contributed by atoms with van der Waals surface area (Å²) in [7, 11) is -2.85. The number of hydrogen-bond acceptors (Lipinski definition) is 3. The number of aliphatic carboxylic acids is 1. The third kappa shape index (κ3) is 4.53. The predicted molar refractivity (Wildman–Crippen MR) is 37.7 cm³/mol. The standard InChI is InChI=1S/C5H11O4P/c1-3-9-10(2,8)4-5(6)7/h3-4H2,1-2H3,(H,6,7). The van der Waals surface area contributed by atoms with Gasteiger partial charge in [0.1, 0.15) is 6.16 Å². The number of hydrogen-bond donors (Lipinski definition) is 1. The molecule has 0 aromatic carbocycles. The van der Waals surface area contributed by atoms with Crippen LogP contribution in [0.2, 0.25) is 0 Å². The molecule has 1 N–H and O–H groups in total. The van der Waals surface area contributed by atoms with Gasteiger partial charge in [0, 0.05) is 6.66 Å². The van der Waals surface area contributed by atoms with Crippen molar-refractivity contribution in [3.8, 4) is 0 Å². The number of carboxylic acid groups (broad SMARTS) is 1. The summed E-state index contributed by atoms with van der Waals surface area (Å²) in [6.07, 6.45) is -0.388. The topological polar surface area (TPSA) is 63.6 Å². The molecule has 0 saturated carbocycles. The van der Waals surface area contributed by atoms with Gasteiger partial charge in [-0.05, 0) is 6.92 Å². The smallest absolute Gasteiger partial charge is 0.313 e. The van der Waals surface area contributed by atoms with Crippen LogP contribution in [-0.4, -0.2) is 30.5 Å². The Labute approximate surface area is 59.6 Å². The highest BCUT2D eigenvalue weighted by Crippen LogP contribution is 2.41. The van der Waals surface area contributed by atoms with E-state index in [4.69, 9.17) is 9.63 Å². The first kappa shape index (κ1) is 9.66. The Kier molecular flexibility index (Phi) is 3.61. The second kappa shape index (κ2) is 3.74. The van der Waals surface area contributed by atoms with Crippen molar-refractivity contribution >= 4 is 13.3 Å². The van der Waals surface area contributed by atoms with Crippen molar-refractivity contribution in [1.29, 1.82) is 0 Å². The first-order chi connectivity index (χ1) is 4.48. The molecule has 0 bridgehead atoms. The molecule has 0 aliphatic carbocycles. The minimum atomic E-state index is -2.85. The molecule has 60 valence electrons. The van der Waals surface area contributed by atoms with E-state index in [1.807, 2.05) is 0 Å². The normalized spacial score (nSPS) is 16.2. The Bertz CT molecular complexity index is 165. The fourth-order valence-corrected chi connectivity index (χ4v) is 1.69. The quantitative estimate of drug-likeness (QED) is 0.633. The van der Waals surface area contributed by atoms with Gasteiger partial charge in [0.05, 0.1) is 6.61 Å². The van der Waals surface area contributed by atoms with Gasteiger partial charge in [-0.25, -0.2) is 0 Å². The molecule has 10 heavy (non-hydrogen) atoms. The van der Waals surface area contributed by atoms with Gasteiger partial charge in [-0.15, -0.1) is 0 Å². The molecule has 0 spiro atoms. The van der Waals surface area contributed by atoms with E-state index in [1.54, 1.807) is 6.92 Å². The van der Waals surface area contributed by atoms with Crippen molar-refractivity contribution in [3.05, 3.63) is 0 Å². The SMILES string of the molecule is CCOP(C)(=O)CC(=O)O. The highest BCUT2D eigenvalue weighted by atomic mass is 31.2. The lowest BCUT2D eigenvalue weighted by molar-refractivity contribution is -0.134. The third-order valence-electron chi connectivity index (χ3n) is 0.825. The van der Waals surface area contributed by atoms with Crippen molar-refractivity contribution in [2.24, 2.45) is 0 Å². The van der Waals surface area contributed by atoms with E-state index in [9.17, 15) is 9.36 Å².